The van der Waals surface area contributed by atoms with Crippen LogP contribution in [0.4, 0.5) is 15.3 Å². The number of hydrogen-bond donors (Lipinski definition) is 4. The molecule has 4 aromatic rings. The van der Waals surface area contributed by atoms with E-state index in [2.05, 4.69) is 35.5 Å². The maximum atomic E-state index is 15.6. The summed E-state index contributed by atoms with van der Waals surface area (Å²) >= 11 is 2.54. The Morgan fingerprint density at radius 1 is 1.14 bits per heavy atom. The van der Waals surface area contributed by atoms with Gasteiger partial charge in [-0.1, -0.05) is 23.1 Å². The lowest BCUT2D eigenvalue weighted by Gasteiger charge is -2.42. The molecule has 4 N–H and O–H groups in total. The van der Waals surface area contributed by atoms with Crippen LogP contribution in [0.25, 0.3) is 0 Å². The van der Waals surface area contributed by atoms with Crippen LogP contribution in [0.2, 0.25) is 0 Å². The van der Waals surface area contributed by atoms with Crippen molar-refractivity contribution in [3.63, 3.8) is 0 Å². The predicted molar refractivity (Wildman–Crippen MR) is 160 cm³/mol. The van der Waals surface area contributed by atoms with Crippen molar-refractivity contribution < 1.29 is 19.4 Å². The van der Waals surface area contributed by atoms with Crippen molar-refractivity contribution in [2.45, 2.75) is 40.4 Å². The van der Waals surface area contributed by atoms with Crippen LogP contribution in [-0.4, -0.2) is 79.8 Å². The van der Waals surface area contributed by atoms with Crippen LogP contribution >= 0.6 is 23.1 Å². The Balaban J connectivity index is 1.26. The van der Waals surface area contributed by atoms with Crippen LogP contribution in [0.15, 0.2) is 70.4 Å². The van der Waals surface area contributed by atoms with Crippen LogP contribution in [0.3, 0.4) is 0 Å². The molecule has 13 heteroatoms. The van der Waals surface area contributed by atoms with E-state index in [4.69, 9.17) is 0 Å². The molecule has 1 amide bonds. The number of halogens is 1. The molecule has 220 valence electrons. The SMILES string of the molecule is Cc1ccnc(Nc2ncc(Sc3ccnc(C(=O)NCC4(c5ccncc5)CCN(C[C@H](O)CO)CC4)c3F)s2)c1. The van der Waals surface area contributed by atoms with Crippen molar-refractivity contribution in [1.82, 2.24) is 30.2 Å². The number of nitrogens with zero attached hydrogens (tertiary/aromatic N) is 5. The number of carbonyl (C=O) groups excluding carboxylic acids is 1. The lowest BCUT2D eigenvalue weighted by atomic mass is 9.73. The fraction of sp³-hybridized carbons (Fsp3) is 0.345. The Hall–Kier alpha value is -3.49. The summed E-state index contributed by atoms with van der Waals surface area (Å²) in [5, 5.41) is 25.8. The molecule has 5 heterocycles. The van der Waals surface area contributed by atoms with E-state index >= 15 is 4.39 Å². The highest BCUT2D eigenvalue weighted by atomic mass is 32.2. The number of aliphatic hydroxyl groups is 2. The minimum atomic E-state index is -0.796. The highest BCUT2D eigenvalue weighted by molar-refractivity contribution is 8.01. The standard InChI is InChI=1S/C29H32FN7O3S2/c1-19-2-10-32-23(14-19)36-28-34-15-24(42-28)41-22-5-11-33-26(25(22)30)27(40)35-18-29(20-3-8-31-9-4-20)6-12-37(13-7-29)16-21(39)17-38/h2-5,8-11,14-15,21,38-39H,6-7,12-13,16-18H2,1H3,(H,35,40)(H,32,34,36)/t21-/m0/s1. The van der Waals surface area contributed by atoms with Crippen LogP contribution in [0.5, 0.6) is 0 Å². The van der Waals surface area contributed by atoms with Crippen LogP contribution in [0.1, 0.15) is 34.5 Å². The maximum Gasteiger partial charge on any atom is 0.273 e. The van der Waals surface area contributed by atoms with Gasteiger partial charge in [0.05, 0.1) is 28.0 Å². The number of hydrogen-bond acceptors (Lipinski definition) is 11. The predicted octanol–water partition coefficient (Wildman–Crippen LogP) is 3.79. The number of thiazole rings is 1. The topological polar surface area (TPSA) is 136 Å². The summed E-state index contributed by atoms with van der Waals surface area (Å²) in [5.74, 6) is -0.597. The van der Waals surface area contributed by atoms with E-state index in [9.17, 15) is 15.0 Å². The van der Waals surface area contributed by atoms with E-state index < -0.39 is 17.8 Å². The summed E-state index contributed by atoms with van der Waals surface area (Å²) in [7, 11) is 0. The second-order valence-corrected chi connectivity index (χ2v) is 12.6. The van der Waals surface area contributed by atoms with Gasteiger partial charge in [0.15, 0.2) is 16.6 Å². The second kappa shape index (κ2) is 13.7. The normalized spacial score (nSPS) is 15.7. The minimum Gasteiger partial charge on any atom is -0.394 e. The fourth-order valence-corrected chi connectivity index (χ4v) is 6.84. The monoisotopic (exact) mass is 609 g/mol. The van der Waals surface area contributed by atoms with Gasteiger partial charge in [0.25, 0.3) is 5.91 Å². The van der Waals surface area contributed by atoms with Crippen LogP contribution in [0, 0.1) is 12.7 Å². The highest BCUT2D eigenvalue weighted by Crippen LogP contribution is 2.37. The average Bonchev–Trinajstić information content (AvgIpc) is 3.44. The Morgan fingerprint density at radius 2 is 1.90 bits per heavy atom. The number of rotatable bonds is 11. The average molecular weight is 610 g/mol. The first-order valence-electron chi connectivity index (χ1n) is 13.5. The molecule has 10 nitrogen and oxygen atoms in total. The summed E-state index contributed by atoms with van der Waals surface area (Å²) in [6, 6.07) is 9.23. The molecule has 5 rings (SSSR count). The zero-order valence-corrected chi connectivity index (χ0v) is 24.7. The first-order chi connectivity index (χ1) is 20.3. The Kier molecular flexibility index (Phi) is 9.75. The van der Waals surface area contributed by atoms with Crippen molar-refractivity contribution in [1.29, 1.82) is 0 Å². The number of β-amino-alcohol motifs (C(OH)–C–C–N with tert-alkyl or cyclic N) is 1. The molecule has 42 heavy (non-hydrogen) atoms. The van der Waals surface area contributed by atoms with E-state index in [1.54, 1.807) is 30.9 Å². The summed E-state index contributed by atoms with van der Waals surface area (Å²) in [4.78, 5) is 32.4. The van der Waals surface area contributed by atoms with E-state index in [0.717, 1.165) is 15.3 Å². The van der Waals surface area contributed by atoms with Gasteiger partial charge in [-0.3, -0.25) is 9.78 Å². The number of amides is 1. The Labute approximate surface area is 251 Å². The van der Waals surface area contributed by atoms with Gasteiger partial charge >= 0.3 is 0 Å². The molecule has 0 saturated carbocycles. The maximum absolute atomic E-state index is 15.6. The van der Waals surface area contributed by atoms with Crippen molar-refractivity contribution in [3.05, 3.63) is 84.0 Å². The van der Waals surface area contributed by atoms with Gasteiger partial charge < -0.3 is 25.7 Å². The number of carbonyl (C=O) groups is 1. The smallest absolute Gasteiger partial charge is 0.273 e. The second-order valence-electron chi connectivity index (χ2n) is 10.2. The number of aryl methyl sites for hydroxylation is 1. The summed E-state index contributed by atoms with van der Waals surface area (Å²) in [6.07, 6.45) is 8.86. The molecule has 1 atom stereocenters. The first-order valence-corrected chi connectivity index (χ1v) is 15.2. The molecule has 1 fully saturated rings. The third-order valence-electron chi connectivity index (χ3n) is 7.29. The van der Waals surface area contributed by atoms with Crippen molar-refractivity contribution in [2.24, 2.45) is 0 Å². The van der Waals surface area contributed by atoms with Gasteiger partial charge in [-0.25, -0.2) is 19.3 Å². The van der Waals surface area contributed by atoms with E-state index in [0.29, 0.717) is 50.0 Å². The minimum absolute atomic E-state index is 0.264. The summed E-state index contributed by atoms with van der Waals surface area (Å²) in [6.45, 7) is 3.73. The van der Waals surface area contributed by atoms with E-state index in [1.807, 2.05) is 31.2 Å². The summed E-state index contributed by atoms with van der Waals surface area (Å²) < 4.78 is 16.3. The molecule has 1 aliphatic heterocycles. The molecule has 0 spiro atoms. The van der Waals surface area contributed by atoms with Gasteiger partial charge in [-0.2, -0.15) is 0 Å². The Bertz CT molecular complexity index is 1500. The molecular formula is C29H32FN7O3S2. The van der Waals surface area contributed by atoms with Gasteiger partial charge in [-0.15, -0.1) is 0 Å². The zero-order valence-electron chi connectivity index (χ0n) is 23.0. The number of anilines is 2. The molecule has 0 radical (unpaired) electrons. The molecule has 1 saturated heterocycles. The number of aromatic nitrogens is 4. The first kappa shape index (κ1) is 30.0. The van der Waals surface area contributed by atoms with Gasteiger partial charge in [-0.05, 0) is 74.3 Å². The molecule has 0 bridgehead atoms. The highest BCUT2D eigenvalue weighted by Gasteiger charge is 2.37. The van der Waals surface area contributed by atoms with E-state index in [1.165, 1.54) is 29.3 Å². The van der Waals surface area contributed by atoms with Crippen molar-refractivity contribution >= 4 is 40.0 Å². The molecular weight excluding hydrogens is 577 g/mol. The molecule has 4 aromatic heterocycles. The number of likely N-dealkylation sites (tertiary alicyclic amines) is 1. The number of pyridine rings is 3. The molecule has 0 aliphatic carbocycles. The molecule has 1 aliphatic rings. The van der Waals surface area contributed by atoms with Gasteiger partial charge in [0, 0.05) is 43.3 Å². The Morgan fingerprint density at radius 3 is 2.64 bits per heavy atom. The summed E-state index contributed by atoms with van der Waals surface area (Å²) in [5.41, 5.74) is 1.45. The lowest BCUT2D eigenvalue weighted by molar-refractivity contribution is 0.0430. The fourth-order valence-electron chi connectivity index (χ4n) is 4.98. The van der Waals surface area contributed by atoms with Gasteiger partial charge in [0.2, 0.25) is 0 Å². The van der Waals surface area contributed by atoms with Crippen LogP contribution < -0.4 is 10.6 Å². The lowest BCUT2D eigenvalue weighted by Crippen LogP contribution is -2.50. The van der Waals surface area contributed by atoms with Crippen LogP contribution in [-0.2, 0) is 5.41 Å². The number of nitrogens with one attached hydrogen (secondary N) is 2. The number of piperidine rings is 1. The zero-order chi connectivity index (χ0) is 29.5. The number of aliphatic hydroxyl groups excluding tert-OH is 2. The quantitative estimate of drug-likeness (QED) is 0.199. The van der Waals surface area contributed by atoms with E-state index in [-0.39, 0.29) is 22.6 Å². The molecule has 0 aromatic carbocycles. The van der Waals surface area contributed by atoms with Crippen molar-refractivity contribution in [3.8, 4) is 0 Å². The third-order valence-corrected chi connectivity index (χ3v) is 9.34. The molecule has 0 unspecified atom stereocenters. The third kappa shape index (κ3) is 7.28. The van der Waals surface area contributed by atoms with Crippen molar-refractivity contribution in [2.75, 3.05) is 38.1 Å². The van der Waals surface area contributed by atoms with Gasteiger partial charge in [0.1, 0.15) is 5.82 Å². The largest absolute Gasteiger partial charge is 0.394 e.